The van der Waals surface area contributed by atoms with E-state index in [1.54, 1.807) is 41.3 Å². The second-order valence-electron chi connectivity index (χ2n) is 13.1. The SMILES string of the molecule is Cc1ccc(S(=O)(=O)N(CC(=O)N(Cc2ccccc2C)[C@@H](Cc2ccccc2)C(=O)NC2CCCCC2)c2ccc(C)c(C)c2)cc1. The van der Waals surface area contributed by atoms with Crippen molar-refractivity contribution >= 4 is 27.5 Å². The Hall–Kier alpha value is -4.43. The molecule has 5 rings (SSSR count). The summed E-state index contributed by atoms with van der Waals surface area (Å²) in [4.78, 5) is 30.8. The van der Waals surface area contributed by atoms with E-state index in [2.05, 4.69) is 5.32 Å². The molecule has 1 N–H and O–H groups in total. The molecule has 252 valence electrons. The molecule has 0 aliphatic heterocycles. The van der Waals surface area contributed by atoms with E-state index in [0.717, 1.165) is 65.5 Å². The van der Waals surface area contributed by atoms with Gasteiger partial charge in [0.2, 0.25) is 11.8 Å². The zero-order valence-electron chi connectivity index (χ0n) is 28.5. The molecule has 0 bridgehead atoms. The fraction of sp³-hybridized carbons (Fsp3) is 0.350. The van der Waals surface area contributed by atoms with Crippen LogP contribution in [0.5, 0.6) is 0 Å². The normalized spacial score (nSPS) is 14.2. The van der Waals surface area contributed by atoms with E-state index in [9.17, 15) is 18.0 Å². The number of carbonyl (C=O) groups excluding carboxylic acids is 2. The number of nitrogens with one attached hydrogen (secondary N) is 1. The van der Waals surface area contributed by atoms with Crippen molar-refractivity contribution in [2.24, 2.45) is 0 Å². The first-order valence-corrected chi connectivity index (χ1v) is 18.3. The number of hydrogen-bond donors (Lipinski definition) is 1. The minimum atomic E-state index is -4.15. The van der Waals surface area contributed by atoms with E-state index in [4.69, 9.17) is 0 Å². The van der Waals surface area contributed by atoms with Gasteiger partial charge in [-0.25, -0.2) is 8.42 Å². The number of aryl methyl sites for hydroxylation is 4. The number of carbonyl (C=O) groups is 2. The van der Waals surface area contributed by atoms with Gasteiger partial charge in [0.1, 0.15) is 12.6 Å². The average molecular weight is 666 g/mol. The van der Waals surface area contributed by atoms with E-state index < -0.39 is 28.5 Å². The van der Waals surface area contributed by atoms with Crippen LogP contribution in [0, 0.1) is 27.7 Å². The van der Waals surface area contributed by atoms with Crippen LogP contribution in [0.25, 0.3) is 0 Å². The van der Waals surface area contributed by atoms with Crippen molar-refractivity contribution in [2.45, 2.75) is 89.7 Å². The molecule has 7 nitrogen and oxygen atoms in total. The maximum atomic E-state index is 14.8. The van der Waals surface area contributed by atoms with Gasteiger partial charge in [-0.2, -0.15) is 0 Å². The van der Waals surface area contributed by atoms with Crippen LogP contribution in [0.1, 0.15) is 65.5 Å². The molecule has 0 aromatic heterocycles. The van der Waals surface area contributed by atoms with Crippen LogP contribution in [-0.4, -0.2) is 43.8 Å². The minimum absolute atomic E-state index is 0.0499. The van der Waals surface area contributed by atoms with E-state index >= 15 is 0 Å². The van der Waals surface area contributed by atoms with Crippen molar-refractivity contribution in [1.29, 1.82) is 0 Å². The molecular formula is C40H47N3O4S. The van der Waals surface area contributed by atoms with Gasteiger partial charge in [0.05, 0.1) is 10.6 Å². The first kappa shape index (κ1) is 34.9. The van der Waals surface area contributed by atoms with Crippen LogP contribution >= 0.6 is 0 Å². The predicted molar refractivity (Wildman–Crippen MR) is 192 cm³/mol. The third kappa shape index (κ3) is 8.53. The van der Waals surface area contributed by atoms with Gasteiger partial charge in [0, 0.05) is 19.0 Å². The van der Waals surface area contributed by atoms with Gasteiger partial charge in [-0.1, -0.05) is 97.6 Å². The van der Waals surface area contributed by atoms with Crippen LogP contribution in [0.4, 0.5) is 5.69 Å². The van der Waals surface area contributed by atoms with E-state index in [1.807, 2.05) is 88.4 Å². The van der Waals surface area contributed by atoms with Crippen LogP contribution in [-0.2, 0) is 32.6 Å². The molecule has 1 saturated carbocycles. The minimum Gasteiger partial charge on any atom is -0.352 e. The van der Waals surface area contributed by atoms with Gasteiger partial charge in [-0.3, -0.25) is 13.9 Å². The maximum absolute atomic E-state index is 14.8. The lowest BCUT2D eigenvalue weighted by atomic mass is 9.94. The largest absolute Gasteiger partial charge is 0.352 e. The summed E-state index contributed by atoms with van der Waals surface area (Å²) in [5.74, 6) is -0.668. The summed E-state index contributed by atoms with van der Waals surface area (Å²) in [6.45, 7) is 7.46. The number of sulfonamides is 1. The van der Waals surface area contributed by atoms with Crippen molar-refractivity contribution in [2.75, 3.05) is 10.8 Å². The monoisotopic (exact) mass is 665 g/mol. The van der Waals surface area contributed by atoms with Crippen molar-refractivity contribution in [3.63, 3.8) is 0 Å². The second-order valence-corrected chi connectivity index (χ2v) is 15.0. The van der Waals surface area contributed by atoms with Gasteiger partial charge in [0.25, 0.3) is 10.0 Å². The number of amides is 2. The Morgan fingerprint density at radius 1 is 0.771 bits per heavy atom. The zero-order valence-corrected chi connectivity index (χ0v) is 29.3. The molecule has 1 atom stereocenters. The van der Waals surface area contributed by atoms with Crippen molar-refractivity contribution < 1.29 is 18.0 Å². The lowest BCUT2D eigenvalue weighted by Crippen LogP contribution is -2.55. The van der Waals surface area contributed by atoms with Gasteiger partial charge in [-0.15, -0.1) is 0 Å². The topological polar surface area (TPSA) is 86.8 Å². The van der Waals surface area contributed by atoms with Crippen LogP contribution in [0.2, 0.25) is 0 Å². The molecule has 1 fully saturated rings. The summed E-state index contributed by atoms with van der Waals surface area (Å²) in [5, 5.41) is 3.27. The number of benzene rings is 4. The van der Waals surface area contributed by atoms with Crippen molar-refractivity contribution in [3.05, 3.63) is 130 Å². The van der Waals surface area contributed by atoms with E-state index in [-0.39, 0.29) is 23.4 Å². The van der Waals surface area contributed by atoms with Crippen LogP contribution in [0.15, 0.2) is 102 Å². The Morgan fingerprint density at radius 2 is 1.44 bits per heavy atom. The van der Waals surface area contributed by atoms with Gasteiger partial charge in [0.15, 0.2) is 0 Å². The molecule has 48 heavy (non-hydrogen) atoms. The smallest absolute Gasteiger partial charge is 0.264 e. The summed E-state index contributed by atoms with van der Waals surface area (Å²) in [6.07, 6.45) is 5.38. The lowest BCUT2D eigenvalue weighted by molar-refractivity contribution is -0.140. The third-order valence-electron chi connectivity index (χ3n) is 9.49. The van der Waals surface area contributed by atoms with Crippen molar-refractivity contribution in [1.82, 2.24) is 10.2 Å². The molecule has 0 radical (unpaired) electrons. The lowest BCUT2D eigenvalue weighted by Gasteiger charge is -2.35. The van der Waals surface area contributed by atoms with Gasteiger partial charge >= 0.3 is 0 Å². The molecule has 0 spiro atoms. The predicted octanol–water partition coefficient (Wildman–Crippen LogP) is 7.20. The molecule has 0 unspecified atom stereocenters. The number of anilines is 1. The molecule has 2 amide bonds. The molecule has 1 aliphatic carbocycles. The number of nitrogens with zero attached hydrogens (tertiary/aromatic N) is 2. The molecule has 8 heteroatoms. The summed E-state index contributed by atoms with van der Waals surface area (Å²) < 4.78 is 29.9. The molecule has 4 aromatic rings. The highest BCUT2D eigenvalue weighted by Crippen LogP contribution is 2.28. The van der Waals surface area contributed by atoms with Gasteiger partial charge < -0.3 is 10.2 Å². The van der Waals surface area contributed by atoms with Gasteiger partial charge in [-0.05, 0) is 92.6 Å². The summed E-state index contributed by atoms with van der Waals surface area (Å²) in [6, 6.07) is 28.8. The third-order valence-corrected chi connectivity index (χ3v) is 11.3. The molecule has 4 aromatic carbocycles. The number of rotatable bonds is 12. The number of hydrogen-bond acceptors (Lipinski definition) is 4. The Kier molecular flexibility index (Phi) is 11.4. The summed E-state index contributed by atoms with van der Waals surface area (Å²) in [7, 11) is -4.15. The highest BCUT2D eigenvalue weighted by molar-refractivity contribution is 7.92. The maximum Gasteiger partial charge on any atom is 0.264 e. The van der Waals surface area contributed by atoms with E-state index in [0.29, 0.717) is 12.1 Å². The highest BCUT2D eigenvalue weighted by Gasteiger charge is 2.35. The first-order valence-electron chi connectivity index (χ1n) is 16.9. The fourth-order valence-corrected chi connectivity index (χ4v) is 7.72. The molecule has 0 saturated heterocycles. The standard InChI is InChI=1S/C40H47N3O4S/c1-29-19-23-37(24-20-29)48(46,47)43(36-22-21-30(2)32(4)25-36)28-39(44)42(27-34-16-12-11-13-31(34)3)38(26-33-14-7-5-8-15-33)40(45)41-35-17-9-6-10-18-35/h5,7-8,11-16,19-25,35,38H,6,9-10,17-18,26-28H2,1-4H3,(H,41,45)/t38-/m0/s1. The van der Waals surface area contributed by atoms with Crippen molar-refractivity contribution in [3.8, 4) is 0 Å². The second kappa shape index (κ2) is 15.6. The Morgan fingerprint density at radius 3 is 2.10 bits per heavy atom. The summed E-state index contributed by atoms with van der Waals surface area (Å²) >= 11 is 0. The Balaban J connectivity index is 1.58. The molecular weight excluding hydrogens is 619 g/mol. The quantitative estimate of drug-likeness (QED) is 0.173. The summed E-state index contributed by atoms with van der Waals surface area (Å²) in [5.41, 5.74) is 6.06. The average Bonchev–Trinajstić information content (AvgIpc) is 3.08. The Bertz CT molecular complexity index is 1820. The first-order chi connectivity index (χ1) is 23.0. The Labute approximate surface area is 286 Å². The molecule has 1 aliphatic rings. The fourth-order valence-electron chi connectivity index (χ4n) is 6.32. The highest BCUT2D eigenvalue weighted by atomic mass is 32.2. The zero-order chi connectivity index (χ0) is 34.3. The van der Waals surface area contributed by atoms with Crippen LogP contribution < -0.4 is 9.62 Å². The van der Waals surface area contributed by atoms with Crippen LogP contribution in [0.3, 0.4) is 0 Å². The molecule has 0 heterocycles. The van der Waals surface area contributed by atoms with E-state index in [1.165, 1.54) is 4.31 Å².